The van der Waals surface area contributed by atoms with Gasteiger partial charge in [-0.25, -0.2) is 0 Å². The summed E-state index contributed by atoms with van der Waals surface area (Å²) in [6.45, 7) is 1.69. The van der Waals surface area contributed by atoms with Crippen LogP contribution < -0.4 is 5.32 Å². The molecule has 1 aliphatic heterocycles. The number of rotatable bonds is 5. The number of likely N-dealkylation sites (tertiary alicyclic amines) is 1. The van der Waals surface area contributed by atoms with E-state index in [2.05, 4.69) is 26.4 Å². The highest BCUT2D eigenvalue weighted by Gasteiger charge is 2.32. The molecule has 0 aromatic carbocycles. The summed E-state index contributed by atoms with van der Waals surface area (Å²) in [5.41, 5.74) is 0.697. The van der Waals surface area contributed by atoms with Crippen LogP contribution in [-0.4, -0.2) is 33.5 Å². The lowest BCUT2D eigenvalue weighted by Gasteiger charge is -2.20. The third kappa shape index (κ3) is 3.18. The number of thiophene rings is 1. The van der Waals surface area contributed by atoms with Gasteiger partial charge in [-0.05, 0) is 38.3 Å². The predicted octanol–water partition coefficient (Wildman–Crippen LogP) is 2.23. The van der Waals surface area contributed by atoms with Crippen LogP contribution in [0.3, 0.4) is 0 Å². The van der Waals surface area contributed by atoms with E-state index in [1.54, 1.807) is 11.3 Å². The van der Waals surface area contributed by atoms with Gasteiger partial charge in [0, 0.05) is 22.8 Å². The molecule has 2 fully saturated rings. The summed E-state index contributed by atoms with van der Waals surface area (Å²) in [6.07, 6.45) is 4.03. The molecule has 124 valence electrons. The van der Waals surface area contributed by atoms with Gasteiger partial charge < -0.3 is 9.84 Å². The second-order valence-corrected chi connectivity index (χ2v) is 7.24. The molecule has 2 aromatic rings. The van der Waals surface area contributed by atoms with Crippen molar-refractivity contribution in [2.75, 3.05) is 6.54 Å². The number of amides is 1. The largest absolute Gasteiger partial charge is 0.346 e. The normalized spacial score (nSPS) is 20.9. The molecule has 7 nitrogen and oxygen atoms in total. The zero-order valence-electron chi connectivity index (χ0n) is 13.1. The monoisotopic (exact) mass is 343 g/mol. The molecule has 1 aliphatic carbocycles. The molecule has 1 saturated heterocycles. The van der Waals surface area contributed by atoms with E-state index in [4.69, 9.17) is 9.78 Å². The zero-order valence-corrected chi connectivity index (χ0v) is 13.9. The lowest BCUT2D eigenvalue weighted by Crippen LogP contribution is -2.26. The Morgan fingerprint density at radius 2 is 2.38 bits per heavy atom. The molecular formula is C16H17N5O2S. The summed E-state index contributed by atoms with van der Waals surface area (Å²) in [4.78, 5) is 19.7. The van der Waals surface area contributed by atoms with E-state index in [1.165, 1.54) is 0 Å². The van der Waals surface area contributed by atoms with E-state index in [-0.39, 0.29) is 23.8 Å². The highest BCUT2D eigenvalue weighted by Crippen LogP contribution is 2.33. The van der Waals surface area contributed by atoms with Crippen LogP contribution in [0.15, 0.2) is 16.0 Å². The number of nitrogens with zero attached hydrogens (tertiary/aromatic N) is 4. The maximum absolute atomic E-state index is 12.0. The average molecular weight is 343 g/mol. The molecule has 2 aromatic heterocycles. The van der Waals surface area contributed by atoms with Crippen LogP contribution in [0.1, 0.15) is 58.7 Å². The van der Waals surface area contributed by atoms with Crippen molar-refractivity contribution in [3.05, 3.63) is 33.6 Å². The second kappa shape index (κ2) is 6.34. The van der Waals surface area contributed by atoms with Crippen molar-refractivity contribution in [3.63, 3.8) is 0 Å². The quantitative estimate of drug-likeness (QED) is 0.894. The van der Waals surface area contributed by atoms with Crippen molar-refractivity contribution in [2.24, 2.45) is 0 Å². The Bertz CT molecular complexity index is 788. The van der Waals surface area contributed by atoms with Gasteiger partial charge in [0.05, 0.1) is 11.6 Å². The first-order valence-electron chi connectivity index (χ1n) is 8.09. The number of aromatic nitrogens is 2. The SMILES string of the molecule is N#Cc1csc(CN2CCC[C@H]2c2nc(C(=O)NC3CC3)no2)c1. The number of hydrogen-bond acceptors (Lipinski definition) is 7. The fraction of sp³-hybridized carbons (Fsp3) is 0.500. The third-order valence-corrected chi connectivity index (χ3v) is 5.27. The zero-order chi connectivity index (χ0) is 16.5. The van der Waals surface area contributed by atoms with Crippen LogP contribution in [0.5, 0.6) is 0 Å². The summed E-state index contributed by atoms with van der Waals surface area (Å²) in [6, 6.07) is 4.39. The number of hydrogen-bond donors (Lipinski definition) is 1. The second-order valence-electron chi connectivity index (χ2n) is 6.25. The van der Waals surface area contributed by atoms with E-state index >= 15 is 0 Å². The van der Waals surface area contributed by atoms with Gasteiger partial charge in [-0.1, -0.05) is 5.16 Å². The van der Waals surface area contributed by atoms with Crippen molar-refractivity contribution in [3.8, 4) is 6.07 Å². The molecule has 2 aliphatic rings. The van der Waals surface area contributed by atoms with Gasteiger partial charge in [-0.2, -0.15) is 10.2 Å². The Hall–Kier alpha value is -2.24. The summed E-state index contributed by atoms with van der Waals surface area (Å²) >= 11 is 1.59. The van der Waals surface area contributed by atoms with E-state index in [0.29, 0.717) is 11.5 Å². The molecule has 1 amide bonds. The van der Waals surface area contributed by atoms with Crippen LogP contribution in [0.2, 0.25) is 0 Å². The minimum absolute atomic E-state index is 0.0348. The Morgan fingerprint density at radius 3 is 3.12 bits per heavy atom. The highest BCUT2D eigenvalue weighted by atomic mass is 32.1. The maximum Gasteiger partial charge on any atom is 0.292 e. The van der Waals surface area contributed by atoms with Crippen LogP contribution in [-0.2, 0) is 6.54 Å². The molecule has 4 rings (SSSR count). The molecule has 1 atom stereocenters. The number of carbonyl (C=O) groups excluding carboxylic acids is 1. The highest BCUT2D eigenvalue weighted by molar-refractivity contribution is 7.10. The van der Waals surface area contributed by atoms with Gasteiger partial charge >= 0.3 is 0 Å². The van der Waals surface area contributed by atoms with Gasteiger partial charge in [0.1, 0.15) is 6.07 Å². The van der Waals surface area contributed by atoms with Gasteiger partial charge in [0.2, 0.25) is 5.89 Å². The van der Waals surface area contributed by atoms with E-state index in [1.807, 2.05) is 11.4 Å². The Labute approximate surface area is 143 Å². The fourth-order valence-corrected chi connectivity index (χ4v) is 3.79. The van der Waals surface area contributed by atoms with Crippen LogP contribution in [0.25, 0.3) is 0 Å². The summed E-state index contributed by atoms with van der Waals surface area (Å²) in [7, 11) is 0. The summed E-state index contributed by atoms with van der Waals surface area (Å²) in [5.74, 6) is 0.367. The van der Waals surface area contributed by atoms with E-state index in [0.717, 1.165) is 43.6 Å². The first-order chi connectivity index (χ1) is 11.7. The molecule has 0 spiro atoms. The van der Waals surface area contributed by atoms with Gasteiger partial charge in [-0.3, -0.25) is 9.69 Å². The molecule has 1 N–H and O–H groups in total. The molecular weight excluding hydrogens is 326 g/mol. The Balaban J connectivity index is 1.45. The molecule has 1 saturated carbocycles. The summed E-state index contributed by atoms with van der Waals surface area (Å²) < 4.78 is 5.35. The van der Waals surface area contributed by atoms with Crippen LogP contribution in [0.4, 0.5) is 0 Å². The van der Waals surface area contributed by atoms with Crippen molar-refractivity contribution in [1.29, 1.82) is 5.26 Å². The standard InChI is InChI=1S/C16H17N5O2S/c17-7-10-6-12(24-9-10)8-21-5-1-2-13(21)16-19-14(20-23-16)15(22)18-11-3-4-11/h6,9,11,13H,1-5,8H2,(H,18,22)/t13-/m0/s1. The lowest BCUT2D eigenvalue weighted by molar-refractivity contribution is 0.0937. The molecule has 3 heterocycles. The number of nitriles is 1. The fourth-order valence-electron chi connectivity index (χ4n) is 2.96. The van der Waals surface area contributed by atoms with E-state index < -0.39 is 0 Å². The topological polar surface area (TPSA) is 95.0 Å². The van der Waals surface area contributed by atoms with E-state index in [9.17, 15) is 4.79 Å². The lowest BCUT2D eigenvalue weighted by atomic mass is 10.2. The van der Waals surface area contributed by atoms with Crippen LogP contribution >= 0.6 is 11.3 Å². The predicted molar refractivity (Wildman–Crippen MR) is 86.2 cm³/mol. The molecule has 0 unspecified atom stereocenters. The first kappa shape index (κ1) is 15.3. The van der Waals surface area contributed by atoms with Gasteiger partial charge in [-0.15, -0.1) is 11.3 Å². The molecule has 0 radical (unpaired) electrons. The number of nitrogens with one attached hydrogen (secondary N) is 1. The van der Waals surface area contributed by atoms with Crippen LogP contribution in [0, 0.1) is 11.3 Å². The van der Waals surface area contributed by atoms with Crippen molar-refractivity contribution in [2.45, 2.75) is 44.3 Å². The third-order valence-electron chi connectivity index (χ3n) is 4.35. The smallest absolute Gasteiger partial charge is 0.292 e. The first-order valence-corrected chi connectivity index (χ1v) is 8.97. The average Bonchev–Trinajstić information content (AvgIpc) is 3.01. The maximum atomic E-state index is 12.0. The van der Waals surface area contributed by atoms with Crippen molar-refractivity contribution >= 4 is 17.2 Å². The molecule has 8 heteroatoms. The van der Waals surface area contributed by atoms with Crippen molar-refractivity contribution in [1.82, 2.24) is 20.4 Å². The Morgan fingerprint density at radius 1 is 1.50 bits per heavy atom. The van der Waals surface area contributed by atoms with Crippen molar-refractivity contribution < 1.29 is 9.32 Å². The van der Waals surface area contributed by atoms with Gasteiger partial charge in [0.15, 0.2) is 0 Å². The molecule has 24 heavy (non-hydrogen) atoms. The summed E-state index contributed by atoms with van der Waals surface area (Å²) in [5, 5.41) is 17.5. The minimum Gasteiger partial charge on any atom is -0.346 e. The Kier molecular flexibility index (Phi) is 4.04. The molecule has 0 bridgehead atoms. The minimum atomic E-state index is -0.256. The number of carbonyl (C=O) groups is 1. The van der Waals surface area contributed by atoms with Gasteiger partial charge in [0.25, 0.3) is 11.7 Å².